The minimum Gasteiger partial charge on any atom is -0.393 e. The van der Waals surface area contributed by atoms with E-state index in [2.05, 4.69) is 5.32 Å². The summed E-state index contributed by atoms with van der Waals surface area (Å²) in [7, 11) is 0. The third kappa shape index (κ3) is 1.99. The molecule has 12 heavy (non-hydrogen) atoms. The van der Waals surface area contributed by atoms with E-state index >= 15 is 0 Å². The highest BCUT2D eigenvalue weighted by Crippen LogP contribution is 2.25. The molecule has 0 spiro atoms. The van der Waals surface area contributed by atoms with E-state index < -0.39 is 0 Å². The minimum absolute atomic E-state index is 0.00826. The second-order valence-corrected chi connectivity index (χ2v) is 4.38. The molecule has 0 atom stereocenters. The smallest absolute Gasteiger partial charge is 0.0570 e. The van der Waals surface area contributed by atoms with Crippen LogP contribution in [0.15, 0.2) is 0 Å². The van der Waals surface area contributed by atoms with Gasteiger partial charge in [-0.1, -0.05) is 12.8 Å². The molecule has 2 aliphatic carbocycles. The van der Waals surface area contributed by atoms with Crippen molar-refractivity contribution in [2.45, 2.75) is 50.7 Å². The second kappa shape index (κ2) is 3.75. The lowest BCUT2D eigenvalue weighted by Gasteiger charge is -2.33. The summed E-state index contributed by atoms with van der Waals surface area (Å²) >= 11 is 0. The predicted molar refractivity (Wildman–Crippen MR) is 49.0 cm³/mol. The number of aliphatic hydroxyl groups is 1. The monoisotopic (exact) mass is 169 g/mol. The molecule has 0 aromatic rings. The molecule has 2 N–H and O–H groups in total. The molecule has 0 saturated heterocycles. The average molecular weight is 169 g/mol. The van der Waals surface area contributed by atoms with Crippen LogP contribution in [0.25, 0.3) is 0 Å². The summed E-state index contributed by atoms with van der Waals surface area (Å²) in [5, 5.41) is 12.6. The fourth-order valence-electron chi connectivity index (χ4n) is 2.30. The molecule has 2 nitrogen and oxygen atoms in total. The predicted octanol–water partition coefficient (Wildman–Crippen LogP) is 1.29. The Balaban J connectivity index is 1.56. The zero-order valence-electron chi connectivity index (χ0n) is 7.63. The van der Waals surface area contributed by atoms with E-state index in [1.165, 1.54) is 32.2 Å². The van der Waals surface area contributed by atoms with E-state index in [-0.39, 0.29) is 6.10 Å². The van der Waals surface area contributed by atoms with E-state index in [1.54, 1.807) is 0 Å². The minimum atomic E-state index is -0.00826. The molecule has 70 valence electrons. The van der Waals surface area contributed by atoms with E-state index in [4.69, 9.17) is 5.11 Å². The van der Waals surface area contributed by atoms with Gasteiger partial charge in [0.25, 0.3) is 0 Å². The van der Waals surface area contributed by atoms with Crippen LogP contribution in [0.2, 0.25) is 0 Å². The molecule has 2 fully saturated rings. The molecule has 2 rings (SSSR count). The maximum Gasteiger partial charge on any atom is 0.0570 e. The second-order valence-electron chi connectivity index (χ2n) is 4.38. The summed E-state index contributed by atoms with van der Waals surface area (Å²) in [6.07, 6.45) is 7.65. The van der Waals surface area contributed by atoms with Gasteiger partial charge in [-0.25, -0.2) is 0 Å². The van der Waals surface area contributed by atoms with Crippen molar-refractivity contribution in [1.82, 2.24) is 5.32 Å². The van der Waals surface area contributed by atoms with Crippen molar-refractivity contribution in [2.75, 3.05) is 6.54 Å². The number of hydrogen-bond acceptors (Lipinski definition) is 2. The first-order valence-electron chi connectivity index (χ1n) is 5.26. The van der Waals surface area contributed by atoms with Gasteiger partial charge < -0.3 is 10.4 Å². The van der Waals surface area contributed by atoms with E-state index in [9.17, 15) is 0 Å². The Morgan fingerprint density at radius 3 is 2.42 bits per heavy atom. The number of aliphatic hydroxyl groups excluding tert-OH is 1. The third-order valence-electron chi connectivity index (χ3n) is 3.28. The maximum atomic E-state index is 9.07. The molecular weight excluding hydrogens is 150 g/mol. The molecule has 2 aliphatic rings. The average Bonchev–Trinajstić information content (AvgIpc) is 2.47. The fraction of sp³-hybridized carbons (Fsp3) is 1.00. The molecule has 0 bridgehead atoms. The first-order chi connectivity index (χ1) is 5.84. The van der Waals surface area contributed by atoms with Crippen LogP contribution in [0.1, 0.15) is 38.5 Å². The Kier molecular flexibility index (Phi) is 2.66. The molecular formula is C10H19NO. The van der Waals surface area contributed by atoms with Crippen molar-refractivity contribution >= 4 is 0 Å². The lowest BCUT2D eigenvalue weighted by Crippen LogP contribution is -2.45. The normalized spacial score (nSPS) is 36.8. The van der Waals surface area contributed by atoms with E-state index in [1.807, 2.05) is 0 Å². The lowest BCUT2D eigenvalue weighted by molar-refractivity contribution is 0.0610. The van der Waals surface area contributed by atoms with Crippen LogP contribution in [0.4, 0.5) is 0 Å². The zero-order valence-corrected chi connectivity index (χ0v) is 7.63. The summed E-state index contributed by atoms with van der Waals surface area (Å²) < 4.78 is 0. The van der Waals surface area contributed by atoms with Crippen LogP contribution in [0.3, 0.4) is 0 Å². The van der Waals surface area contributed by atoms with Crippen LogP contribution >= 0.6 is 0 Å². The highest BCUT2D eigenvalue weighted by atomic mass is 16.3. The SMILES string of the molecule is OC1CC(NCC2CCCC2)C1. The van der Waals surface area contributed by atoms with Crippen molar-refractivity contribution in [2.24, 2.45) is 5.92 Å². The van der Waals surface area contributed by atoms with Crippen molar-refractivity contribution in [3.8, 4) is 0 Å². The molecule has 2 heteroatoms. The largest absolute Gasteiger partial charge is 0.393 e. The van der Waals surface area contributed by atoms with Crippen LogP contribution in [0, 0.1) is 5.92 Å². The van der Waals surface area contributed by atoms with Gasteiger partial charge >= 0.3 is 0 Å². The topological polar surface area (TPSA) is 32.3 Å². The highest BCUT2D eigenvalue weighted by molar-refractivity contribution is 4.85. The summed E-state index contributed by atoms with van der Waals surface area (Å²) in [5.74, 6) is 0.933. The Morgan fingerprint density at radius 2 is 1.83 bits per heavy atom. The summed E-state index contributed by atoms with van der Waals surface area (Å²) in [4.78, 5) is 0. The van der Waals surface area contributed by atoms with Gasteiger partial charge in [0.2, 0.25) is 0 Å². The van der Waals surface area contributed by atoms with Gasteiger partial charge in [-0.2, -0.15) is 0 Å². The Labute approximate surface area is 74.4 Å². The summed E-state index contributed by atoms with van der Waals surface area (Å²) in [5.41, 5.74) is 0. The van der Waals surface area contributed by atoms with Crippen molar-refractivity contribution in [3.63, 3.8) is 0 Å². The fourth-order valence-corrected chi connectivity index (χ4v) is 2.30. The quantitative estimate of drug-likeness (QED) is 0.667. The van der Waals surface area contributed by atoms with Gasteiger partial charge in [-0.15, -0.1) is 0 Å². The standard InChI is InChI=1S/C10H19NO/c12-10-5-9(6-10)11-7-8-3-1-2-4-8/h8-12H,1-7H2. The van der Waals surface area contributed by atoms with E-state index in [0.29, 0.717) is 6.04 Å². The van der Waals surface area contributed by atoms with Crippen molar-refractivity contribution in [3.05, 3.63) is 0 Å². The van der Waals surface area contributed by atoms with Gasteiger partial charge in [-0.3, -0.25) is 0 Å². The zero-order chi connectivity index (χ0) is 8.39. The van der Waals surface area contributed by atoms with Crippen LogP contribution < -0.4 is 5.32 Å². The molecule has 0 unspecified atom stereocenters. The summed E-state index contributed by atoms with van der Waals surface area (Å²) in [6.45, 7) is 1.19. The van der Waals surface area contributed by atoms with Crippen LogP contribution in [-0.2, 0) is 0 Å². The number of hydrogen-bond donors (Lipinski definition) is 2. The van der Waals surface area contributed by atoms with Gasteiger partial charge in [-0.05, 0) is 38.1 Å². The van der Waals surface area contributed by atoms with Crippen molar-refractivity contribution in [1.29, 1.82) is 0 Å². The van der Waals surface area contributed by atoms with Crippen molar-refractivity contribution < 1.29 is 5.11 Å². The maximum absolute atomic E-state index is 9.07. The number of rotatable bonds is 3. The third-order valence-corrected chi connectivity index (χ3v) is 3.28. The Morgan fingerprint density at radius 1 is 1.17 bits per heavy atom. The number of nitrogens with one attached hydrogen (secondary N) is 1. The molecule has 0 heterocycles. The lowest BCUT2D eigenvalue weighted by atomic mass is 9.89. The van der Waals surface area contributed by atoms with Gasteiger partial charge in [0.15, 0.2) is 0 Å². The van der Waals surface area contributed by atoms with Gasteiger partial charge in [0.05, 0.1) is 6.10 Å². The molecule has 0 aromatic carbocycles. The van der Waals surface area contributed by atoms with Crippen LogP contribution in [0.5, 0.6) is 0 Å². The Bertz CT molecular complexity index is 137. The van der Waals surface area contributed by atoms with E-state index in [0.717, 1.165) is 18.8 Å². The Hall–Kier alpha value is -0.0800. The van der Waals surface area contributed by atoms with Gasteiger partial charge in [0.1, 0.15) is 0 Å². The first-order valence-corrected chi connectivity index (χ1v) is 5.26. The summed E-state index contributed by atoms with van der Waals surface area (Å²) in [6, 6.07) is 0.626. The molecule has 0 aromatic heterocycles. The molecule has 0 amide bonds. The highest BCUT2D eigenvalue weighted by Gasteiger charge is 2.27. The first kappa shape index (κ1) is 8.52. The van der Waals surface area contributed by atoms with Crippen LogP contribution in [-0.4, -0.2) is 23.8 Å². The molecule has 2 saturated carbocycles. The van der Waals surface area contributed by atoms with Gasteiger partial charge in [0, 0.05) is 6.04 Å². The molecule has 0 radical (unpaired) electrons. The molecule has 0 aliphatic heterocycles.